The first-order chi connectivity index (χ1) is 13.6. The predicted octanol–water partition coefficient (Wildman–Crippen LogP) is 6.57. The number of halogens is 2. The molecule has 2 aromatic heterocycles. The van der Waals surface area contributed by atoms with Crippen molar-refractivity contribution in [2.45, 2.75) is 0 Å². The second-order valence-corrected chi connectivity index (χ2v) is 8.02. The van der Waals surface area contributed by atoms with E-state index >= 15 is 0 Å². The molecule has 0 aliphatic heterocycles. The van der Waals surface area contributed by atoms with Crippen molar-refractivity contribution in [3.8, 4) is 22.3 Å². The molecule has 0 N–H and O–H groups in total. The highest BCUT2D eigenvalue weighted by molar-refractivity contribution is 9.10. The molecule has 0 amide bonds. The quantitative estimate of drug-likeness (QED) is 0.302. The molecule has 4 aromatic rings. The molecule has 0 unspecified atom stereocenters. The molecule has 0 saturated heterocycles. The molecule has 0 radical (unpaired) electrons. The van der Waals surface area contributed by atoms with Gasteiger partial charge in [-0.15, -0.1) is 0 Å². The van der Waals surface area contributed by atoms with Crippen LogP contribution in [0.1, 0.15) is 15.9 Å². The van der Waals surface area contributed by atoms with Crippen LogP contribution in [0.4, 0.5) is 0 Å². The Morgan fingerprint density at radius 3 is 1.54 bits per heavy atom. The molecule has 5 heteroatoms. The zero-order valence-electron chi connectivity index (χ0n) is 14.6. The maximum absolute atomic E-state index is 13.6. The van der Waals surface area contributed by atoms with Gasteiger partial charge in [0.05, 0.1) is 0 Å². The predicted molar refractivity (Wildman–Crippen MR) is 118 cm³/mol. The smallest absolute Gasteiger partial charge is 0.194 e. The molecule has 3 nitrogen and oxygen atoms in total. The van der Waals surface area contributed by atoms with Gasteiger partial charge in [-0.2, -0.15) is 0 Å². The molecular formula is C23H14Br2N2O. The van der Waals surface area contributed by atoms with Crippen LogP contribution in [0.15, 0.2) is 94.4 Å². The summed E-state index contributed by atoms with van der Waals surface area (Å²) in [6.07, 6.45) is 6.97. The van der Waals surface area contributed by atoms with Gasteiger partial charge in [0.2, 0.25) is 0 Å². The monoisotopic (exact) mass is 492 g/mol. The minimum Gasteiger partial charge on any atom is -0.289 e. The number of benzene rings is 2. The van der Waals surface area contributed by atoms with Crippen LogP contribution in [0.25, 0.3) is 22.3 Å². The van der Waals surface area contributed by atoms with E-state index in [0.29, 0.717) is 11.1 Å². The van der Waals surface area contributed by atoms with Gasteiger partial charge < -0.3 is 0 Å². The average Bonchev–Trinajstić information content (AvgIpc) is 2.74. The largest absolute Gasteiger partial charge is 0.289 e. The lowest BCUT2D eigenvalue weighted by atomic mass is 9.91. The van der Waals surface area contributed by atoms with Gasteiger partial charge in [0.1, 0.15) is 0 Å². The molecule has 2 aromatic carbocycles. The van der Waals surface area contributed by atoms with E-state index in [1.54, 1.807) is 24.8 Å². The maximum Gasteiger partial charge on any atom is 0.194 e. The molecule has 0 saturated carbocycles. The number of hydrogen-bond donors (Lipinski definition) is 0. The number of carbonyl (C=O) groups excluding carboxylic acids is 1. The summed E-state index contributed by atoms with van der Waals surface area (Å²) in [6, 6.07) is 19.0. The van der Waals surface area contributed by atoms with Crippen LogP contribution in [0.5, 0.6) is 0 Å². The van der Waals surface area contributed by atoms with Crippen LogP contribution in [-0.4, -0.2) is 15.8 Å². The SMILES string of the molecule is O=C(c1ccc(Br)cc1-c1cccnc1)c1ccc(Br)cc1-c1cccnc1. The Morgan fingerprint density at radius 1 is 0.679 bits per heavy atom. The van der Waals surface area contributed by atoms with Crippen LogP contribution in [0, 0.1) is 0 Å². The average molecular weight is 494 g/mol. The fourth-order valence-electron chi connectivity index (χ4n) is 3.10. The second-order valence-electron chi connectivity index (χ2n) is 6.19. The van der Waals surface area contributed by atoms with E-state index in [1.807, 2.05) is 60.7 Å². The number of aromatic nitrogens is 2. The van der Waals surface area contributed by atoms with E-state index in [2.05, 4.69) is 41.8 Å². The summed E-state index contributed by atoms with van der Waals surface area (Å²) in [4.78, 5) is 22.0. The van der Waals surface area contributed by atoms with Gasteiger partial charge in [0, 0.05) is 56.0 Å². The molecule has 0 aliphatic carbocycles. The van der Waals surface area contributed by atoms with Gasteiger partial charge in [-0.25, -0.2) is 0 Å². The second kappa shape index (κ2) is 8.17. The van der Waals surface area contributed by atoms with Gasteiger partial charge in [0.15, 0.2) is 5.78 Å². The molecule has 0 atom stereocenters. The van der Waals surface area contributed by atoms with Gasteiger partial charge >= 0.3 is 0 Å². The van der Waals surface area contributed by atoms with Crippen LogP contribution in [0.2, 0.25) is 0 Å². The third-order valence-corrected chi connectivity index (χ3v) is 5.38. The van der Waals surface area contributed by atoms with Crippen molar-refractivity contribution in [3.63, 3.8) is 0 Å². The minimum absolute atomic E-state index is 0.0438. The summed E-state index contributed by atoms with van der Waals surface area (Å²) in [5, 5.41) is 0. The molecule has 28 heavy (non-hydrogen) atoms. The highest BCUT2D eigenvalue weighted by Gasteiger charge is 2.19. The number of nitrogens with zero attached hydrogens (tertiary/aromatic N) is 2. The lowest BCUT2D eigenvalue weighted by Gasteiger charge is -2.13. The maximum atomic E-state index is 13.6. The lowest BCUT2D eigenvalue weighted by Crippen LogP contribution is -2.06. The summed E-state index contributed by atoms with van der Waals surface area (Å²) >= 11 is 7.03. The summed E-state index contributed by atoms with van der Waals surface area (Å²) in [5.41, 5.74) is 4.73. The number of ketones is 1. The number of pyridine rings is 2. The lowest BCUT2D eigenvalue weighted by molar-refractivity contribution is 0.104. The topological polar surface area (TPSA) is 42.9 Å². The van der Waals surface area contributed by atoms with Crippen LogP contribution >= 0.6 is 31.9 Å². The Labute approximate surface area is 179 Å². The van der Waals surface area contributed by atoms with Gasteiger partial charge in [-0.05, 0) is 59.7 Å². The van der Waals surface area contributed by atoms with Gasteiger partial charge in [-0.3, -0.25) is 14.8 Å². The van der Waals surface area contributed by atoms with Crippen molar-refractivity contribution in [3.05, 3.63) is 106 Å². The normalized spacial score (nSPS) is 10.6. The van der Waals surface area contributed by atoms with Crippen molar-refractivity contribution >= 4 is 37.6 Å². The Balaban J connectivity index is 1.89. The Bertz CT molecular complexity index is 1050. The van der Waals surface area contributed by atoms with Crippen LogP contribution < -0.4 is 0 Å². The Hall–Kier alpha value is -2.63. The first-order valence-corrected chi connectivity index (χ1v) is 10.2. The minimum atomic E-state index is -0.0438. The van der Waals surface area contributed by atoms with Crippen LogP contribution in [0.3, 0.4) is 0 Å². The molecule has 0 bridgehead atoms. The Kier molecular flexibility index (Phi) is 5.46. The van der Waals surface area contributed by atoms with E-state index in [4.69, 9.17) is 0 Å². The van der Waals surface area contributed by atoms with E-state index in [0.717, 1.165) is 31.2 Å². The van der Waals surface area contributed by atoms with E-state index in [-0.39, 0.29) is 5.78 Å². The van der Waals surface area contributed by atoms with E-state index in [9.17, 15) is 4.79 Å². The van der Waals surface area contributed by atoms with Crippen molar-refractivity contribution in [1.29, 1.82) is 0 Å². The third-order valence-electron chi connectivity index (χ3n) is 4.40. The molecule has 0 aliphatic rings. The Morgan fingerprint density at radius 2 is 1.14 bits per heavy atom. The first-order valence-electron chi connectivity index (χ1n) is 8.58. The van der Waals surface area contributed by atoms with Crippen molar-refractivity contribution in [2.24, 2.45) is 0 Å². The third kappa shape index (κ3) is 3.81. The molecular weight excluding hydrogens is 480 g/mol. The number of carbonyl (C=O) groups is 1. The van der Waals surface area contributed by atoms with Gasteiger partial charge in [-0.1, -0.05) is 44.0 Å². The summed E-state index contributed by atoms with van der Waals surface area (Å²) in [5.74, 6) is -0.0438. The molecule has 0 fully saturated rings. The highest BCUT2D eigenvalue weighted by Crippen LogP contribution is 2.33. The standard InChI is InChI=1S/C23H14Br2N2O/c24-17-5-7-19(21(11-17)15-3-1-9-26-13-15)23(28)20-8-6-18(25)12-22(20)16-4-2-10-27-14-16/h1-14H. The zero-order valence-corrected chi connectivity index (χ0v) is 17.8. The summed E-state index contributed by atoms with van der Waals surface area (Å²) in [7, 11) is 0. The van der Waals surface area contributed by atoms with Crippen molar-refractivity contribution in [1.82, 2.24) is 9.97 Å². The van der Waals surface area contributed by atoms with E-state index in [1.165, 1.54) is 0 Å². The first kappa shape index (κ1) is 18.7. The van der Waals surface area contributed by atoms with E-state index < -0.39 is 0 Å². The van der Waals surface area contributed by atoms with Crippen molar-refractivity contribution < 1.29 is 4.79 Å². The summed E-state index contributed by atoms with van der Waals surface area (Å²) in [6.45, 7) is 0. The van der Waals surface area contributed by atoms with Crippen LogP contribution in [-0.2, 0) is 0 Å². The molecule has 2 heterocycles. The zero-order chi connectivity index (χ0) is 19.5. The number of hydrogen-bond acceptors (Lipinski definition) is 3. The molecule has 136 valence electrons. The fourth-order valence-corrected chi connectivity index (χ4v) is 3.82. The molecule has 4 rings (SSSR count). The van der Waals surface area contributed by atoms with Crippen molar-refractivity contribution in [2.75, 3.05) is 0 Å². The fraction of sp³-hybridized carbons (Fsp3) is 0. The molecule has 0 spiro atoms. The van der Waals surface area contributed by atoms with Gasteiger partial charge in [0.25, 0.3) is 0 Å². The number of rotatable bonds is 4. The summed E-state index contributed by atoms with van der Waals surface area (Å²) < 4.78 is 1.82. The highest BCUT2D eigenvalue weighted by atomic mass is 79.9.